The van der Waals surface area contributed by atoms with Gasteiger partial charge in [-0.3, -0.25) is 0 Å². The molecule has 0 aromatic carbocycles. The van der Waals surface area contributed by atoms with E-state index in [2.05, 4.69) is 31.1 Å². The molecule has 2 nitrogen and oxygen atoms in total. The quantitative estimate of drug-likeness (QED) is 0.746. The Balaban J connectivity index is 2.36. The highest BCUT2D eigenvalue weighted by Crippen LogP contribution is 2.31. The Morgan fingerprint density at radius 1 is 1.54 bits per heavy atom. The summed E-state index contributed by atoms with van der Waals surface area (Å²) in [4.78, 5) is 6.13. The van der Waals surface area contributed by atoms with E-state index in [4.69, 9.17) is 0 Å². The second-order valence-electron chi connectivity index (χ2n) is 3.94. The summed E-state index contributed by atoms with van der Waals surface area (Å²) < 4.78 is 0. The maximum Gasteiger partial charge on any atom is 0.0957 e. The van der Waals surface area contributed by atoms with Gasteiger partial charge < -0.3 is 5.32 Å². The molecule has 0 saturated heterocycles. The Bertz CT molecular complexity index is 304. The summed E-state index contributed by atoms with van der Waals surface area (Å²) in [5.74, 6) is 0.572. The monoisotopic (exact) mass is 196 g/mol. The first kappa shape index (κ1) is 9.16. The number of hydrogen-bond acceptors (Lipinski definition) is 3. The van der Waals surface area contributed by atoms with Gasteiger partial charge in [0, 0.05) is 29.8 Å². The minimum Gasteiger partial charge on any atom is -0.309 e. The minimum atomic E-state index is 0.508. The Labute approximate surface area is 83.4 Å². The maximum atomic E-state index is 4.68. The molecule has 0 spiro atoms. The van der Waals surface area contributed by atoms with Crippen molar-refractivity contribution in [3.05, 3.63) is 15.6 Å². The van der Waals surface area contributed by atoms with Crippen molar-refractivity contribution in [1.82, 2.24) is 10.3 Å². The Hall–Kier alpha value is -0.410. The zero-order valence-electron chi connectivity index (χ0n) is 8.42. The van der Waals surface area contributed by atoms with Gasteiger partial charge in [-0.25, -0.2) is 4.98 Å². The summed E-state index contributed by atoms with van der Waals surface area (Å²) in [6, 6.07) is 0.508. The minimum absolute atomic E-state index is 0.508. The lowest BCUT2D eigenvalue weighted by Crippen LogP contribution is -2.26. The second-order valence-corrected chi connectivity index (χ2v) is 5.01. The first-order valence-electron chi connectivity index (χ1n) is 4.91. The molecular weight excluding hydrogens is 180 g/mol. The van der Waals surface area contributed by atoms with Gasteiger partial charge >= 0.3 is 0 Å². The molecule has 0 aliphatic carbocycles. The summed E-state index contributed by atoms with van der Waals surface area (Å²) in [7, 11) is 0. The van der Waals surface area contributed by atoms with Gasteiger partial charge in [-0.15, -0.1) is 11.3 Å². The van der Waals surface area contributed by atoms with Crippen molar-refractivity contribution < 1.29 is 0 Å². The molecule has 0 saturated carbocycles. The lowest BCUT2D eigenvalue weighted by Gasteiger charge is -2.18. The fourth-order valence-electron chi connectivity index (χ4n) is 1.65. The van der Waals surface area contributed by atoms with Crippen LogP contribution in [0.5, 0.6) is 0 Å². The number of rotatable bonds is 1. The third-order valence-corrected chi connectivity index (χ3v) is 4.02. The standard InChI is InChI=1S/C10H16N2S/c1-6(2)10-12-8-4-5-11-7(3)9(8)13-10/h6-7,11H,4-5H2,1-3H3/t7-/m0/s1. The fraction of sp³-hybridized carbons (Fsp3) is 0.700. The van der Waals surface area contributed by atoms with E-state index in [1.54, 1.807) is 0 Å². The molecule has 0 radical (unpaired) electrons. The van der Waals surface area contributed by atoms with Crippen molar-refractivity contribution in [1.29, 1.82) is 0 Å². The highest BCUT2D eigenvalue weighted by molar-refractivity contribution is 7.11. The van der Waals surface area contributed by atoms with Crippen molar-refractivity contribution in [3.63, 3.8) is 0 Å². The normalized spacial score (nSPS) is 22.0. The molecule has 2 rings (SSSR count). The summed E-state index contributed by atoms with van der Waals surface area (Å²) >= 11 is 1.88. The second kappa shape index (κ2) is 3.39. The summed E-state index contributed by atoms with van der Waals surface area (Å²) in [6.45, 7) is 7.72. The summed E-state index contributed by atoms with van der Waals surface area (Å²) in [6.07, 6.45) is 1.10. The van der Waals surface area contributed by atoms with Crippen LogP contribution in [0.15, 0.2) is 0 Å². The van der Waals surface area contributed by atoms with Crippen LogP contribution in [-0.2, 0) is 6.42 Å². The van der Waals surface area contributed by atoms with E-state index in [-0.39, 0.29) is 0 Å². The number of nitrogens with one attached hydrogen (secondary N) is 1. The third kappa shape index (κ3) is 1.63. The van der Waals surface area contributed by atoms with Gasteiger partial charge in [0.2, 0.25) is 0 Å². The van der Waals surface area contributed by atoms with Crippen molar-refractivity contribution in [3.8, 4) is 0 Å². The molecule has 13 heavy (non-hydrogen) atoms. The molecule has 0 fully saturated rings. The highest BCUT2D eigenvalue weighted by atomic mass is 32.1. The van der Waals surface area contributed by atoms with Crippen LogP contribution in [0.25, 0.3) is 0 Å². The average molecular weight is 196 g/mol. The molecule has 2 heterocycles. The van der Waals surface area contributed by atoms with Crippen LogP contribution in [0.4, 0.5) is 0 Å². The van der Waals surface area contributed by atoms with Crippen molar-refractivity contribution in [2.45, 2.75) is 39.2 Å². The van der Waals surface area contributed by atoms with E-state index >= 15 is 0 Å². The highest BCUT2D eigenvalue weighted by Gasteiger charge is 2.21. The van der Waals surface area contributed by atoms with Crippen LogP contribution >= 0.6 is 11.3 Å². The predicted molar refractivity (Wildman–Crippen MR) is 56.3 cm³/mol. The first-order chi connectivity index (χ1) is 6.18. The van der Waals surface area contributed by atoms with Gasteiger partial charge in [-0.05, 0) is 6.92 Å². The Morgan fingerprint density at radius 2 is 2.31 bits per heavy atom. The molecular formula is C10H16N2S. The van der Waals surface area contributed by atoms with Gasteiger partial charge in [-0.2, -0.15) is 0 Å². The maximum absolute atomic E-state index is 4.68. The van der Waals surface area contributed by atoms with Crippen molar-refractivity contribution >= 4 is 11.3 Å². The Kier molecular flexibility index (Phi) is 2.39. The number of thiazole rings is 1. The van der Waals surface area contributed by atoms with E-state index < -0.39 is 0 Å². The number of aromatic nitrogens is 1. The molecule has 0 amide bonds. The van der Waals surface area contributed by atoms with Crippen LogP contribution < -0.4 is 5.32 Å². The molecule has 0 unspecified atom stereocenters. The van der Waals surface area contributed by atoms with Gasteiger partial charge in [0.15, 0.2) is 0 Å². The lowest BCUT2D eigenvalue weighted by molar-refractivity contribution is 0.544. The molecule has 1 aromatic rings. The van der Waals surface area contributed by atoms with Gasteiger partial charge in [0.05, 0.1) is 10.7 Å². The predicted octanol–water partition coefficient (Wildman–Crippen LogP) is 2.47. The Morgan fingerprint density at radius 3 is 2.92 bits per heavy atom. The van der Waals surface area contributed by atoms with Crippen molar-refractivity contribution in [2.24, 2.45) is 0 Å². The summed E-state index contributed by atoms with van der Waals surface area (Å²) in [5, 5.41) is 4.75. The smallest absolute Gasteiger partial charge is 0.0957 e. The van der Waals surface area contributed by atoms with Crippen molar-refractivity contribution in [2.75, 3.05) is 6.54 Å². The molecule has 1 atom stereocenters. The summed E-state index contributed by atoms with van der Waals surface area (Å²) in [5.41, 5.74) is 1.33. The molecule has 72 valence electrons. The van der Waals surface area contributed by atoms with E-state index in [9.17, 15) is 0 Å². The van der Waals surface area contributed by atoms with Gasteiger partial charge in [-0.1, -0.05) is 13.8 Å². The van der Waals surface area contributed by atoms with Crippen LogP contribution in [-0.4, -0.2) is 11.5 Å². The van der Waals surface area contributed by atoms with E-state index in [1.165, 1.54) is 15.6 Å². The lowest BCUT2D eigenvalue weighted by atomic mass is 10.1. The number of nitrogens with zero attached hydrogens (tertiary/aromatic N) is 1. The molecule has 1 aromatic heterocycles. The molecule has 1 N–H and O–H groups in total. The molecule has 0 bridgehead atoms. The largest absolute Gasteiger partial charge is 0.309 e. The first-order valence-corrected chi connectivity index (χ1v) is 5.73. The van der Waals surface area contributed by atoms with E-state index in [0.29, 0.717) is 12.0 Å². The van der Waals surface area contributed by atoms with Gasteiger partial charge in [0.25, 0.3) is 0 Å². The SMILES string of the molecule is CC(C)c1nc2c(s1)[C@H](C)NCC2. The third-order valence-electron chi connectivity index (χ3n) is 2.44. The van der Waals surface area contributed by atoms with E-state index in [0.717, 1.165) is 13.0 Å². The number of fused-ring (bicyclic) bond motifs is 1. The number of hydrogen-bond donors (Lipinski definition) is 1. The average Bonchev–Trinajstić information content (AvgIpc) is 2.49. The van der Waals surface area contributed by atoms with Gasteiger partial charge in [0.1, 0.15) is 0 Å². The fourth-order valence-corrected chi connectivity index (χ4v) is 2.79. The van der Waals surface area contributed by atoms with Crippen LogP contribution in [0.3, 0.4) is 0 Å². The van der Waals surface area contributed by atoms with Crippen LogP contribution in [0.1, 0.15) is 48.3 Å². The molecule has 1 aliphatic heterocycles. The molecule has 3 heteroatoms. The zero-order valence-corrected chi connectivity index (χ0v) is 9.24. The van der Waals surface area contributed by atoms with Crippen LogP contribution in [0, 0.1) is 0 Å². The topological polar surface area (TPSA) is 24.9 Å². The zero-order chi connectivity index (χ0) is 9.42. The van der Waals surface area contributed by atoms with E-state index in [1.807, 2.05) is 11.3 Å². The van der Waals surface area contributed by atoms with Crippen LogP contribution in [0.2, 0.25) is 0 Å². The molecule has 1 aliphatic rings.